The van der Waals surface area contributed by atoms with Gasteiger partial charge in [0.25, 0.3) is 0 Å². The predicted octanol–water partition coefficient (Wildman–Crippen LogP) is -0.104. The SMILES string of the molecule is Cl.O=S(=O)(NCC1(O)CCCNC1)c1cccnc1. The summed E-state index contributed by atoms with van der Waals surface area (Å²) in [4.78, 5) is 3.88. The van der Waals surface area contributed by atoms with E-state index >= 15 is 0 Å². The van der Waals surface area contributed by atoms with Crippen molar-refractivity contribution in [1.29, 1.82) is 0 Å². The summed E-state index contributed by atoms with van der Waals surface area (Å²) in [6.07, 6.45) is 4.23. The number of hydrogen-bond donors (Lipinski definition) is 3. The fourth-order valence-corrected chi connectivity index (χ4v) is 3.00. The fraction of sp³-hybridized carbons (Fsp3) is 0.545. The van der Waals surface area contributed by atoms with Gasteiger partial charge in [-0.15, -0.1) is 12.4 Å². The minimum atomic E-state index is -3.60. The zero-order valence-corrected chi connectivity index (χ0v) is 12.0. The number of rotatable bonds is 4. The molecule has 0 radical (unpaired) electrons. The number of piperidine rings is 1. The Morgan fingerprint density at radius 2 is 2.32 bits per heavy atom. The van der Waals surface area contributed by atoms with E-state index in [9.17, 15) is 13.5 Å². The van der Waals surface area contributed by atoms with E-state index in [1.807, 2.05) is 0 Å². The van der Waals surface area contributed by atoms with Crippen LogP contribution in [-0.4, -0.2) is 43.7 Å². The molecule has 1 aromatic heterocycles. The van der Waals surface area contributed by atoms with Crippen molar-refractivity contribution in [3.63, 3.8) is 0 Å². The molecule has 1 aromatic rings. The summed E-state index contributed by atoms with van der Waals surface area (Å²) in [6, 6.07) is 3.03. The molecule has 3 N–H and O–H groups in total. The Morgan fingerprint density at radius 1 is 1.53 bits per heavy atom. The Labute approximate surface area is 119 Å². The number of aromatic nitrogens is 1. The van der Waals surface area contributed by atoms with Crippen LogP contribution in [0.15, 0.2) is 29.4 Å². The Balaban J connectivity index is 0.00000180. The minimum Gasteiger partial charge on any atom is -0.387 e. The highest BCUT2D eigenvalue weighted by molar-refractivity contribution is 7.89. The van der Waals surface area contributed by atoms with Gasteiger partial charge < -0.3 is 10.4 Å². The lowest BCUT2D eigenvalue weighted by Crippen LogP contribution is -2.52. The maximum Gasteiger partial charge on any atom is 0.242 e. The maximum absolute atomic E-state index is 11.9. The second kappa shape index (κ2) is 6.62. The van der Waals surface area contributed by atoms with Gasteiger partial charge in [0.2, 0.25) is 10.0 Å². The van der Waals surface area contributed by atoms with E-state index in [-0.39, 0.29) is 23.8 Å². The highest BCUT2D eigenvalue weighted by atomic mass is 35.5. The van der Waals surface area contributed by atoms with Crippen LogP contribution in [-0.2, 0) is 10.0 Å². The molecule has 0 amide bonds. The summed E-state index contributed by atoms with van der Waals surface area (Å²) in [5, 5.41) is 13.2. The van der Waals surface area contributed by atoms with Crippen molar-refractivity contribution in [2.24, 2.45) is 0 Å². The Bertz CT molecular complexity index is 489. The van der Waals surface area contributed by atoms with Crippen LogP contribution >= 0.6 is 12.4 Å². The molecule has 1 unspecified atom stereocenters. The van der Waals surface area contributed by atoms with Crippen molar-refractivity contribution < 1.29 is 13.5 Å². The third-order valence-electron chi connectivity index (χ3n) is 2.99. The van der Waals surface area contributed by atoms with Crippen molar-refractivity contribution in [3.8, 4) is 0 Å². The molecule has 0 bridgehead atoms. The van der Waals surface area contributed by atoms with Crippen LogP contribution < -0.4 is 10.0 Å². The standard InChI is InChI=1S/C11H17N3O3S.ClH/c15-11(4-2-6-13-8-11)9-14-18(16,17)10-3-1-5-12-7-10;/h1,3,5,7,13-15H,2,4,6,8-9H2;1H. The molecule has 2 heterocycles. The molecule has 1 aliphatic rings. The zero-order valence-electron chi connectivity index (χ0n) is 10.4. The van der Waals surface area contributed by atoms with E-state index in [4.69, 9.17) is 0 Å². The molecule has 108 valence electrons. The Hall–Kier alpha value is -0.730. The fourth-order valence-electron chi connectivity index (χ4n) is 1.92. The highest BCUT2D eigenvalue weighted by Crippen LogP contribution is 2.16. The predicted molar refractivity (Wildman–Crippen MR) is 73.7 cm³/mol. The molecule has 0 aliphatic carbocycles. The zero-order chi connectivity index (χ0) is 13.1. The molecule has 1 saturated heterocycles. The average Bonchev–Trinajstić information content (AvgIpc) is 2.39. The highest BCUT2D eigenvalue weighted by Gasteiger charge is 2.30. The van der Waals surface area contributed by atoms with Crippen molar-refractivity contribution in [2.45, 2.75) is 23.3 Å². The second-order valence-electron chi connectivity index (χ2n) is 4.52. The molecule has 6 nitrogen and oxygen atoms in total. The molecule has 1 aliphatic heterocycles. The smallest absolute Gasteiger partial charge is 0.242 e. The normalized spacial score (nSPS) is 23.6. The summed E-state index contributed by atoms with van der Waals surface area (Å²) in [5.41, 5.74) is -1.01. The Morgan fingerprint density at radius 3 is 2.89 bits per heavy atom. The van der Waals surface area contributed by atoms with Crippen LogP contribution in [0.4, 0.5) is 0 Å². The molecular weight excluding hydrogens is 290 g/mol. The number of sulfonamides is 1. The van der Waals surface area contributed by atoms with Crippen LogP contribution in [0.2, 0.25) is 0 Å². The van der Waals surface area contributed by atoms with E-state index in [1.165, 1.54) is 18.5 Å². The lowest BCUT2D eigenvalue weighted by Gasteiger charge is -2.32. The van der Waals surface area contributed by atoms with Crippen molar-refractivity contribution >= 4 is 22.4 Å². The minimum absolute atomic E-state index is 0. The van der Waals surface area contributed by atoms with Crippen molar-refractivity contribution in [1.82, 2.24) is 15.0 Å². The maximum atomic E-state index is 11.9. The molecule has 0 spiro atoms. The lowest BCUT2D eigenvalue weighted by atomic mass is 9.95. The first-order valence-electron chi connectivity index (χ1n) is 5.85. The van der Waals surface area contributed by atoms with Gasteiger partial charge >= 0.3 is 0 Å². The van der Waals surface area contributed by atoms with Gasteiger partial charge in [-0.05, 0) is 31.5 Å². The topological polar surface area (TPSA) is 91.3 Å². The third kappa shape index (κ3) is 4.39. The quantitative estimate of drug-likeness (QED) is 0.722. The average molecular weight is 308 g/mol. The molecule has 1 atom stereocenters. The van der Waals surface area contributed by atoms with Gasteiger partial charge in [0.05, 0.1) is 5.60 Å². The number of pyridine rings is 1. The first-order valence-corrected chi connectivity index (χ1v) is 7.33. The molecule has 1 fully saturated rings. The largest absolute Gasteiger partial charge is 0.387 e. The number of β-amino-alcohol motifs (C(OH)–C–C–N with tert-alkyl or cyclic N) is 1. The Kier molecular flexibility index (Phi) is 5.69. The molecule has 8 heteroatoms. The molecule has 0 aromatic carbocycles. The van der Waals surface area contributed by atoms with Gasteiger partial charge in [-0.2, -0.15) is 0 Å². The van der Waals surface area contributed by atoms with Crippen LogP contribution in [0.5, 0.6) is 0 Å². The van der Waals surface area contributed by atoms with Crippen LogP contribution in [0.1, 0.15) is 12.8 Å². The van der Waals surface area contributed by atoms with Gasteiger partial charge in [0, 0.05) is 25.5 Å². The van der Waals surface area contributed by atoms with Gasteiger partial charge in [0.15, 0.2) is 0 Å². The van der Waals surface area contributed by atoms with Crippen LogP contribution in [0.3, 0.4) is 0 Å². The van der Waals surface area contributed by atoms with E-state index < -0.39 is 15.6 Å². The molecule has 2 rings (SSSR count). The first-order chi connectivity index (χ1) is 8.52. The van der Waals surface area contributed by atoms with Gasteiger partial charge in [0.1, 0.15) is 4.90 Å². The molecule has 0 saturated carbocycles. The van der Waals surface area contributed by atoms with E-state index in [0.717, 1.165) is 13.0 Å². The third-order valence-corrected chi connectivity index (χ3v) is 4.37. The molecular formula is C11H18ClN3O3S. The van der Waals surface area contributed by atoms with E-state index in [0.29, 0.717) is 13.0 Å². The first kappa shape index (κ1) is 16.3. The van der Waals surface area contributed by atoms with Crippen molar-refractivity contribution in [2.75, 3.05) is 19.6 Å². The number of nitrogens with zero attached hydrogens (tertiary/aromatic N) is 1. The number of nitrogens with one attached hydrogen (secondary N) is 2. The van der Waals surface area contributed by atoms with Crippen LogP contribution in [0.25, 0.3) is 0 Å². The number of hydrogen-bond acceptors (Lipinski definition) is 5. The van der Waals surface area contributed by atoms with E-state index in [1.54, 1.807) is 6.07 Å². The van der Waals surface area contributed by atoms with E-state index in [2.05, 4.69) is 15.0 Å². The van der Waals surface area contributed by atoms with Gasteiger partial charge in [-0.1, -0.05) is 0 Å². The van der Waals surface area contributed by atoms with Crippen LogP contribution in [0, 0.1) is 0 Å². The number of aliphatic hydroxyl groups is 1. The van der Waals surface area contributed by atoms with Gasteiger partial charge in [-0.25, -0.2) is 13.1 Å². The lowest BCUT2D eigenvalue weighted by molar-refractivity contribution is 0.0218. The molecule has 19 heavy (non-hydrogen) atoms. The monoisotopic (exact) mass is 307 g/mol. The summed E-state index contributed by atoms with van der Waals surface area (Å²) >= 11 is 0. The van der Waals surface area contributed by atoms with Crippen molar-refractivity contribution in [3.05, 3.63) is 24.5 Å². The van der Waals surface area contributed by atoms with Gasteiger partial charge in [-0.3, -0.25) is 4.98 Å². The summed E-state index contributed by atoms with van der Waals surface area (Å²) in [6.45, 7) is 1.28. The summed E-state index contributed by atoms with van der Waals surface area (Å²) in [5.74, 6) is 0. The summed E-state index contributed by atoms with van der Waals surface area (Å²) < 4.78 is 26.3. The number of halogens is 1. The second-order valence-corrected chi connectivity index (χ2v) is 6.28. The summed E-state index contributed by atoms with van der Waals surface area (Å²) in [7, 11) is -3.60.